The highest BCUT2D eigenvalue weighted by Crippen LogP contribution is 2.16. The van der Waals surface area contributed by atoms with Crippen LogP contribution in [0.4, 0.5) is 0 Å². The van der Waals surface area contributed by atoms with Crippen LogP contribution in [0.2, 0.25) is 0 Å². The Bertz CT molecular complexity index is 655. The van der Waals surface area contributed by atoms with Crippen molar-refractivity contribution in [3.8, 4) is 11.8 Å². The lowest BCUT2D eigenvalue weighted by Crippen LogP contribution is -2.34. The summed E-state index contributed by atoms with van der Waals surface area (Å²) in [4.78, 5) is 28.4. The van der Waals surface area contributed by atoms with Gasteiger partial charge in [-0.15, -0.1) is 0 Å². The molecule has 1 aromatic heterocycles. The van der Waals surface area contributed by atoms with Gasteiger partial charge in [-0.3, -0.25) is 14.2 Å². The molecular formula is C16H21N3O3. The van der Waals surface area contributed by atoms with E-state index in [1.165, 1.54) is 0 Å². The Morgan fingerprint density at radius 1 is 1.50 bits per heavy atom. The molecule has 6 heteroatoms. The molecule has 1 unspecified atom stereocenters. The van der Waals surface area contributed by atoms with Gasteiger partial charge in [-0.25, -0.2) is 4.98 Å². The first-order valence-electron chi connectivity index (χ1n) is 7.45. The van der Waals surface area contributed by atoms with E-state index < -0.39 is 0 Å². The van der Waals surface area contributed by atoms with Crippen LogP contribution in [0.3, 0.4) is 0 Å². The van der Waals surface area contributed by atoms with Gasteiger partial charge in [0.15, 0.2) is 0 Å². The van der Waals surface area contributed by atoms with Gasteiger partial charge in [0.1, 0.15) is 0 Å². The van der Waals surface area contributed by atoms with Crippen molar-refractivity contribution in [3.63, 3.8) is 0 Å². The Morgan fingerprint density at radius 3 is 3.00 bits per heavy atom. The van der Waals surface area contributed by atoms with E-state index in [1.807, 2.05) is 0 Å². The molecule has 1 aromatic rings. The lowest BCUT2D eigenvalue weighted by molar-refractivity contribution is -0.116. The molecule has 1 aliphatic rings. The Hall–Kier alpha value is -2.13. The minimum absolute atomic E-state index is 0.00220. The molecule has 0 saturated carbocycles. The zero-order valence-electron chi connectivity index (χ0n) is 13.0. The lowest BCUT2D eigenvalue weighted by atomic mass is 10.1. The number of nitrogens with zero attached hydrogens (tertiary/aromatic N) is 2. The van der Waals surface area contributed by atoms with Crippen LogP contribution in [0.1, 0.15) is 31.0 Å². The fourth-order valence-electron chi connectivity index (χ4n) is 2.64. The zero-order chi connectivity index (χ0) is 15.9. The van der Waals surface area contributed by atoms with Crippen LogP contribution in [0.25, 0.3) is 0 Å². The number of carbonyl (C=O) groups is 1. The lowest BCUT2D eigenvalue weighted by Gasteiger charge is -2.13. The number of methoxy groups -OCH3 is 1. The maximum atomic E-state index is 12.5. The molecule has 6 nitrogen and oxygen atoms in total. The number of fused-ring (bicyclic) bond motifs is 1. The summed E-state index contributed by atoms with van der Waals surface area (Å²) in [7, 11) is 1.61. The van der Waals surface area contributed by atoms with Gasteiger partial charge in [-0.05, 0) is 38.5 Å². The van der Waals surface area contributed by atoms with Crippen LogP contribution >= 0.6 is 0 Å². The van der Waals surface area contributed by atoms with E-state index in [2.05, 4.69) is 22.1 Å². The summed E-state index contributed by atoms with van der Waals surface area (Å²) in [6, 6.07) is 0.0365. The third kappa shape index (κ3) is 3.95. The number of aryl methyl sites for hydroxylation is 1. The predicted octanol–water partition coefficient (Wildman–Crippen LogP) is 0.277. The first-order chi connectivity index (χ1) is 10.7. The van der Waals surface area contributed by atoms with Crippen molar-refractivity contribution in [3.05, 3.63) is 27.9 Å². The number of rotatable bonds is 4. The number of amides is 1. The van der Waals surface area contributed by atoms with Gasteiger partial charge in [0.05, 0.1) is 25.2 Å². The summed E-state index contributed by atoms with van der Waals surface area (Å²) in [5, 5.41) is 2.89. The van der Waals surface area contributed by atoms with E-state index >= 15 is 0 Å². The molecule has 0 aliphatic heterocycles. The molecule has 0 spiro atoms. The quantitative estimate of drug-likeness (QED) is 0.640. The second kappa shape index (κ2) is 7.76. The molecule has 0 aromatic carbocycles. The van der Waals surface area contributed by atoms with E-state index in [-0.39, 0.29) is 17.5 Å². The third-order valence-corrected chi connectivity index (χ3v) is 3.80. The summed E-state index contributed by atoms with van der Waals surface area (Å²) in [5.74, 6) is 4.81. The van der Waals surface area contributed by atoms with Gasteiger partial charge in [0.2, 0.25) is 0 Å². The maximum Gasteiger partial charge on any atom is 0.296 e. The van der Waals surface area contributed by atoms with Crippen LogP contribution in [0.15, 0.2) is 11.1 Å². The number of hydrogen-bond acceptors (Lipinski definition) is 4. The Labute approximate surface area is 129 Å². The van der Waals surface area contributed by atoms with Crippen molar-refractivity contribution in [1.29, 1.82) is 0 Å². The first-order valence-corrected chi connectivity index (χ1v) is 7.45. The van der Waals surface area contributed by atoms with E-state index in [9.17, 15) is 9.59 Å². The van der Waals surface area contributed by atoms with Crippen molar-refractivity contribution in [2.45, 2.75) is 45.2 Å². The zero-order valence-corrected chi connectivity index (χ0v) is 13.0. The smallest absolute Gasteiger partial charge is 0.296 e. The highest BCUT2D eigenvalue weighted by molar-refractivity contribution is 5.93. The minimum atomic E-state index is -0.260. The van der Waals surface area contributed by atoms with Crippen molar-refractivity contribution in [2.24, 2.45) is 0 Å². The summed E-state index contributed by atoms with van der Waals surface area (Å²) in [6.07, 6.45) is 4.41. The summed E-state index contributed by atoms with van der Waals surface area (Å²) in [6.45, 7) is 2.62. The van der Waals surface area contributed by atoms with E-state index in [0.29, 0.717) is 26.0 Å². The monoisotopic (exact) mass is 303 g/mol. The second-order valence-corrected chi connectivity index (χ2v) is 5.28. The molecule has 118 valence electrons. The molecule has 0 saturated heterocycles. The molecular weight excluding hydrogens is 282 g/mol. The third-order valence-electron chi connectivity index (χ3n) is 3.80. The Kier molecular flexibility index (Phi) is 5.73. The molecule has 1 aliphatic carbocycles. The first kappa shape index (κ1) is 16.2. The number of carbonyl (C=O) groups excluding carboxylic acids is 1. The number of ether oxygens (including phenoxy) is 1. The van der Waals surface area contributed by atoms with Gasteiger partial charge >= 0.3 is 0 Å². The molecule has 22 heavy (non-hydrogen) atoms. The van der Waals surface area contributed by atoms with E-state index in [1.54, 1.807) is 24.9 Å². The fourth-order valence-corrected chi connectivity index (χ4v) is 2.64. The van der Waals surface area contributed by atoms with Crippen molar-refractivity contribution in [2.75, 3.05) is 13.7 Å². The minimum Gasteiger partial charge on any atom is -0.383 e. The van der Waals surface area contributed by atoms with Crippen LogP contribution in [-0.2, 0) is 28.9 Å². The van der Waals surface area contributed by atoms with Crippen LogP contribution < -0.4 is 10.9 Å². The molecule has 1 heterocycles. The number of nitrogens with one attached hydrogen (secondary N) is 1. The van der Waals surface area contributed by atoms with Gasteiger partial charge < -0.3 is 10.1 Å². The topological polar surface area (TPSA) is 73.2 Å². The SMILES string of the molecule is CC#CC(=O)NC1CCc2ncn(CCOC)c(=O)c2CC1. The highest BCUT2D eigenvalue weighted by Gasteiger charge is 2.21. The molecule has 0 radical (unpaired) electrons. The Morgan fingerprint density at radius 2 is 2.27 bits per heavy atom. The average Bonchev–Trinajstić information content (AvgIpc) is 2.70. The van der Waals surface area contributed by atoms with Gasteiger partial charge in [0, 0.05) is 18.7 Å². The predicted molar refractivity (Wildman–Crippen MR) is 82.4 cm³/mol. The number of aromatic nitrogens is 2. The van der Waals surface area contributed by atoms with Crippen LogP contribution in [0.5, 0.6) is 0 Å². The van der Waals surface area contributed by atoms with E-state index in [0.717, 1.165) is 24.1 Å². The normalized spacial score (nSPS) is 16.9. The molecule has 1 N–H and O–H groups in total. The summed E-state index contributed by atoms with van der Waals surface area (Å²) >= 11 is 0. The summed E-state index contributed by atoms with van der Waals surface area (Å²) in [5.41, 5.74) is 1.61. The van der Waals surface area contributed by atoms with Crippen LogP contribution in [0, 0.1) is 11.8 Å². The fraction of sp³-hybridized carbons (Fsp3) is 0.562. The van der Waals surface area contributed by atoms with E-state index in [4.69, 9.17) is 4.74 Å². The maximum absolute atomic E-state index is 12.5. The Balaban J connectivity index is 2.11. The average molecular weight is 303 g/mol. The van der Waals surface area contributed by atoms with Gasteiger partial charge in [-0.2, -0.15) is 0 Å². The number of hydrogen-bond donors (Lipinski definition) is 1. The standard InChI is InChI=1S/C16H21N3O3/c1-3-4-15(20)18-12-5-7-13-14(8-6-12)17-11-19(16(13)21)9-10-22-2/h11-12H,5-10H2,1-2H3,(H,18,20). The molecule has 0 fully saturated rings. The molecule has 1 amide bonds. The summed E-state index contributed by atoms with van der Waals surface area (Å²) < 4.78 is 6.59. The van der Waals surface area contributed by atoms with Gasteiger partial charge in [-0.1, -0.05) is 5.92 Å². The molecule has 2 rings (SSSR count). The largest absolute Gasteiger partial charge is 0.383 e. The van der Waals surface area contributed by atoms with Crippen molar-refractivity contribution < 1.29 is 9.53 Å². The van der Waals surface area contributed by atoms with Crippen molar-refractivity contribution in [1.82, 2.24) is 14.9 Å². The van der Waals surface area contributed by atoms with Crippen molar-refractivity contribution >= 4 is 5.91 Å². The van der Waals surface area contributed by atoms with Crippen LogP contribution in [-0.4, -0.2) is 35.2 Å². The molecule has 1 atom stereocenters. The second-order valence-electron chi connectivity index (χ2n) is 5.28. The highest BCUT2D eigenvalue weighted by atomic mass is 16.5. The molecule has 0 bridgehead atoms. The van der Waals surface area contributed by atoms with Gasteiger partial charge in [0.25, 0.3) is 11.5 Å².